The van der Waals surface area contributed by atoms with Crippen LogP contribution in [0, 0.1) is 18.3 Å². The molecular weight excluding hydrogens is 450 g/mol. The minimum Gasteiger partial charge on any atom is -0.317 e. The van der Waals surface area contributed by atoms with Gasteiger partial charge in [-0.1, -0.05) is 64.5 Å². The molecule has 0 aliphatic carbocycles. The second kappa shape index (κ2) is 14.3. The molecule has 0 radical (unpaired) electrons. The summed E-state index contributed by atoms with van der Waals surface area (Å²) in [5, 5.41) is 11.9. The van der Waals surface area contributed by atoms with Gasteiger partial charge in [0.15, 0.2) is 0 Å². The molecule has 0 aromatic heterocycles. The predicted molar refractivity (Wildman–Crippen MR) is 163 cm³/mol. The molecule has 0 unspecified atom stereocenters. The fraction of sp³-hybridized carbons (Fsp3) is 0.618. The van der Waals surface area contributed by atoms with Crippen LogP contribution in [0.3, 0.4) is 0 Å². The van der Waals surface area contributed by atoms with E-state index in [9.17, 15) is 0 Å². The highest BCUT2D eigenvalue weighted by molar-refractivity contribution is 5.97. The van der Waals surface area contributed by atoms with Gasteiger partial charge in [-0.05, 0) is 136 Å². The summed E-state index contributed by atoms with van der Waals surface area (Å²) in [4.78, 5) is 2.77. The third-order valence-electron chi connectivity index (χ3n) is 8.64. The Hall–Kier alpha value is -1.97. The Labute approximate surface area is 228 Å². The van der Waals surface area contributed by atoms with Crippen molar-refractivity contribution in [3.8, 4) is 0 Å². The molecule has 3 rings (SSSR count). The molecule has 1 aromatic rings. The van der Waals surface area contributed by atoms with Gasteiger partial charge in [0.1, 0.15) is 0 Å². The zero-order chi connectivity index (χ0) is 26.9. The smallest absolute Gasteiger partial charge is 0.0340 e. The zero-order valence-electron chi connectivity index (χ0n) is 24.8. The quantitative estimate of drug-likeness (QED) is 0.248. The van der Waals surface area contributed by atoms with Gasteiger partial charge in [0.2, 0.25) is 0 Å². The highest BCUT2D eigenvalue weighted by atomic mass is 15.2. The number of piperidine rings is 2. The summed E-state index contributed by atoms with van der Waals surface area (Å²) < 4.78 is 0. The molecule has 3 heteroatoms. The van der Waals surface area contributed by atoms with E-state index in [1.807, 2.05) is 0 Å². The molecule has 0 bridgehead atoms. The predicted octanol–water partition coefficient (Wildman–Crippen LogP) is 8.46. The van der Waals surface area contributed by atoms with Crippen molar-refractivity contribution >= 4 is 11.3 Å². The van der Waals surface area contributed by atoms with E-state index in [4.69, 9.17) is 5.41 Å². The lowest BCUT2D eigenvalue weighted by Crippen LogP contribution is -2.46. The molecule has 0 spiro atoms. The molecule has 2 N–H and O–H groups in total. The van der Waals surface area contributed by atoms with Gasteiger partial charge in [0.25, 0.3) is 0 Å². The van der Waals surface area contributed by atoms with Crippen LogP contribution >= 0.6 is 0 Å². The van der Waals surface area contributed by atoms with Gasteiger partial charge in [-0.25, -0.2) is 0 Å². The zero-order valence-corrected chi connectivity index (χ0v) is 24.8. The fourth-order valence-corrected chi connectivity index (χ4v) is 6.40. The standard InChI is InChI=1S/C34H53N3/c1-8-11-31(27(9-2)22-26(7)33(35)10-3)34(24(4)5)32-23-29(13-12-25(32)6)28-16-20-37(21-17-28)30-14-18-36-19-15-30/h9,12-13,22-24,28,30,35-36H,8,10-11,14-21H2,1-7H3/b26-22-,27-9+,34-31+,35-33?. The summed E-state index contributed by atoms with van der Waals surface area (Å²) in [6.45, 7) is 20.4. The average molecular weight is 504 g/mol. The van der Waals surface area contributed by atoms with Gasteiger partial charge in [-0.15, -0.1) is 0 Å². The van der Waals surface area contributed by atoms with Gasteiger partial charge < -0.3 is 15.6 Å². The van der Waals surface area contributed by atoms with Crippen LogP contribution in [0.25, 0.3) is 5.57 Å². The normalized spacial score (nSPS) is 19.9. The van der Waals surface area contributed by atoms with Crippen LogP contribution in [-0.4, -0.2) is 42.8 Å². The molecule has 2 heterocycles. The van der Waals surface area contributed by atoms with Crippen molar-refractivity contribution in [1.82, 2.24) is 10.2 Å². The van der Waals surface area contributed by atoms with Crippen molar-refractivity contribution in [1.29, 1.82) is 5.41 Å². The van der Waals surface area contributed by atoms with Gasteiger partial charge in [-0.3, -0.25) is 0 Å². The van der Waals surface area contributed by atoms with Gasteiger partial charge >= 0.3 is 0 Å². The Morgan fingerprint density at radius 1 is 1.11 bits per heavy atom. The summed E-state index contributed by atoms with van der Waals surface area (Å²) in [5.41, 5.74) is 10.4. The van der Waals surface area contributed by atoms with E-state index in [2.05, 4.69) is 89.0 Å². The second-order valence-corrected chi connectivity index (χ2v) is 11.6. The number of nitrogens with zero attached hydrogens (tertiary/aromatic N) is 1. The molecule has 0 amide bonds. The molecule has 2 fully saturated rings. The van der Waals surface area contributed by atoms with Crippen molar-refractivity contribution in [2.75, 3.05) is 26.2 Å². The average Bonchev–Trinajstić information content (AvgIpc) is 2.92. The van der Waals surface area contributed by atoms with Crippen molar-refractivity contribution in [2.24, 2.45) is 5.92 Å². The van der Waals surface area contributed by atoms with E-state index >= 15 is 0 Å². The maximum Gasteiger partial charge on any atom is 0.0340 e. The van der Waals surface area contributed by atoms with Crippen LogP contribution in [0.1, 0.15) is 109 Å². The maximum atomic E-state index is 8.35. The van der Waals surface area contributed by atoms with Crippen LogP contribution in [0.4, 0.5) is 0 Å². The fourth-order valence-electron chi connectivity index (χ4n) is 6.40. The van der Waals surface area contributed by atoms with E-state index in [0.29, 0.717) is 11.8 Å². The molecule has 37 heavy (non-hydrogen) atoms. The third kappa shape index (κ3) is 7.54. The maximum absolute atomic E-state index is 8.35. The number of likely N-dealkylation sites (tertiary alicyclic amines) is 1. The van der Waals surface area contributed by atoms with Crippen molar-refractivity contribution in [2.45, 2.75) is 105 Å². The summed E-state index contributed by atoms with van der Waals surface area (Å²) in [6, 6.07) is 8.11. The molecular formula is C34H53N3. The topological polar surface area (TPSA) is 39.1 Å². The summed E-state index contributed by atoms with van der Waals surface area (Å²) in [7, 11) is 0. The molecule has 2 saturated heterocycles. The van der Waals surface area contributed by atoms with E-state index < -0.39 is 0 Å². The first-order valence-electron chi connectivity index (χ1n) is 15.0. The third-order valence-corrected chi connectivity index (χ3v) is 8.64. The number of hydrogen-bond donors (Lipinski definition) is 2. The van der Waals surface area contributed by atoms with Crippen LogP contribution in [0.5, 0.6) is 0 Å². The molecule has 2 aliphatic rings. The van der Waals surface area contributed by atoms with Gasteiger partial charge in [0, 0.05) is 11.8 Å². The van der Waals surface area contributed by atoms with Crippen LogP contribution < -0.4 is 5.32 Å². The lowest BCUT2D eigenvalue weighted by Gasteiger charge is -2.39. The Morgan fingerprint density at radius 3 is 2.35 bits per heavy atom. The van der Waals surface area contributed by atoms with Crippen LogP contribution in [0.2, 0.25) is 0 Å². The molecule has 1 aromatic carbocycles. The van der Waals surface area contributed by atoms with E-state index in [-0.39, 0.29) is 0 Å². The first-order chi connectivity index (χ1) is 17.8. The number of allylic oxidation sites excluding steroid dienone is 6. The number of aryl methyl sites for hydroxylation is 1. The van der Waals surface area contributed by atoms with Gasteiger partial charge in [0.05, 0.1) is 0 Å². The molecule has 0 saturated carbocycles. The summed E-state index contributed by atoms with van der Waals surface area (Å²) >= 11 is 0. The van der Waals surface area contributed by atoms with Crippen molar-refractivity contribution < 1.29 is 0 Å². The Morgan fingerprint density at radius 2 is 1.78 bits per heavy atom. The summed E-state index contributed by atoms with van der Waals surface area (Å²) in [5.74, 6) is 1.10. The van der Waals surface area contributed by atoms with Crippen molar-refractivity contribution in [3.63, 3.8) is 0 Å². The monoisotopic (exact) mass is 503 g/mol. The SMILES string of the molecule is C/C=C(\C=C(\C)C(=N)CC)C(/CCC)=C(/c1cc(C2CCN(C3CCNCC3)CC2)ccc1C)C(C)C. The highest BCUT2D eigenvalue weighted by Crippen LogP contribution is 2.38. The summed E-state index contributed by atoms with van der Waals surface area (Å²) in [6.07, 6.45) is 12.6. The largest absolute Gasteiger partial charge is 0.317 e. The number of hydrogen-bond acceptors (Lipinski definition) is 3. The highest BCUT2D eigenvalue weighted by Gasteiger charge is 2.27. The minimum absolute atomic E-state index is 0.437. The lowest BCUT2D eigenvalue weighted by molar-refractivity contribution is 0.127. The minimum atomic E-state index is 0.437. The van der Waals surface area contributed by atoms with E-state index in [1.54, 1.807) is 0 Å². The Bertz CT molecular complexity index is 996. The van der Waals surface area contributed by atoms with E-state index in [1.165, 1.54) is 85.3 Å². The Balaban J connectivity index is 1.95. The molecule has 204 valence electrons. The van der Waals surface area contributed by atoms with Crippen LogP contribution in [-0.2, 0) is 0 Å². The van der Waals surface area contributed by atoms with E-state index in [0.717, 1.165) is 36.6 Å². The molecule has 3 nitrogen and oxygen atoms in total. The number of rotatable bonds is 10. The van der Waals surface area contributed by atoms with Crippen molar-refractivity contribution in [3.05, 3.63) is 63.8 Å². The lowest BCUT2D eigenvalue weighted by atomic mass is 9.80. The van der Waals surface area contributed by atoms with Gasteiger partial charge in [-0.2, -0.15) is 0 Å². The number of benzene rings is 1. The first-order valence-corrected chi connectivity index (χ1v) is 15.0. The van der Waals surface area contributed by atoms with Crippen LogP contribution in [0.15, 0.2) is 47.1 Å². The first kappa shape index (κ1) is 29.6. The second-order valence-electron chi connectivity index (χ2n) is 11.6. The molecule has 2 aliphatic heterocycles. The number of nitrogens with one attached hydrogen (secondary N) is 2. The molecule has 0 atom stereocenters. The Kier molecular flexibility index (Phi) is 11.4.